The lowest BCUT2D eigenvalue weighted by Gasteiger charge is -2.43. The summed E-state index contributed by atoms with van der Waals surface area (Å²) in [6, 6.07) is 14.8. The van der Waals surface area contributed by atoms with Gasteiger partial charge >= 0.3 is 5.97 Å². The molecule has 8 nitrogen and oxygen atoms in total. The first-order valence-corrected chi connectivity index (χ1v) is 19.9. The van der Waals surface area contributed by atoms with E-state index in [1.54, 1.807) is 41.7 Å². The van der Waals surface area contributed by atoms with Crippen LogP contribution in [0.4, 0.5) is 15.8 Å². The molecule has 0 saturated carbocycles. The predicted octanol–water partition coefficient (Wildman–Crippen LogP) is 11.3. The van der Waals surface area contributed by atoms with Gasteiger partial charge in [-0.25, -0.2) is 9.37 Å². The lowest BCUT2D eigenvalue weighted by atomic mass is 10.0. The van der Waals surface area contributed by atoms with E-state index >= 15 is 0 Å². The average molecular weight is 768 g/mol. The number of unbranched alkanes of at least 4 members (excludes halogenated alkanes) is 1. The number of halogens is 1. The van der Waals surface area contributed by atoms with Crippen LogP contribution in [-0.4, -0.2) is 41.9 Å². The Morgan fingerprint density at radius 1 is 1.02 bits per heavy atom. The number of esters is 1. The van der Waals surface area contributed by atoms with E-state index in [9.17, 15) is 18.8 Å². The number of aldehydes is 1. The summed E-state index contributed by atoms with van der Waals surface area (Å²) in [7, 11) is 1.84. The number of hydrogen-bond acceptors (Lipinski definition) is 9. The summed E-state index contributed by atoms with van der Waals surface area (Å²) in [6.45, 7) is 20.2. The number of benzene rings is 2. The number of nitrogens with zero attached hydrogens (tertiary/aromatic N) is 3. The van der Waals surface area contributed by atoms with E-state index in [0.29, 0.717) is 24.3 Å². The highest BCUT2D eigenvalue weighted by atomic mass is 32.1. The second-order valence-corrected chi connectivity index (χ2v) is 12.9. The molecular formula is C42H58FN3O5S2. The van der Waals surface area contributed by atoms with Gasteiger partial charge < -0.3 is 19.5 Å². The molecule has 0 bridgehead atoms. The zero-order valence-electron chi connectivity index (χ0n) is 33.3. The largest absolute Gasteiger partial charge is 0.424 e. The molecule has 53 heavy (non-hydrogen) atoms. The van der Waals surface area contributed by atoms with Crippen LogP contribution in [-0.2, 0) is 9.59 Å². The number of carbonyl (C=O) groups excluding carboxylic acids is 3. The zero-order chi connectivity index (χ0) is 40.3. The molecule has 1 amide bonds. The van der Waals surface area contributed by atoms with Crippen LogP contribution >= 0.6 is 22.7 Å². The van der Waals surface area contributed by atoms with E-state index < -0.39 is 23.9 Å². The number of aryl methyl sites for hydroxylation is 1. The minimum absolute atomic E-state index is 0.0374. The molecule has 1 atom stereocenters. The van der Waals surface area contributed by atoms with Crippen LogP contribution in [0.1, 0.15) is 121 Å². The number of rotatable bonds is 9. The molecule has 2 aromatic carbocycles. The van der Waals surface area contributed by atoms with Crippen LogP contribution in [0.3, 0.4) is 0 Å². The van der Waals surface area contributed by atoms with Gasteiger partial charge in [-0.05, 0) is 69.7 Å². The molecule has 0 fully saturated rings. The van der Waals surface area contributed by atoms with Crippen LogP contribution in [0.25, 0.3) is 10.6 Å². The van der Waals surface area contributed by atoms with E-state index in [0.717, 1.165) is 33.3 Å². The van der Waals surface area contributed by atoms with Crippen LogP contribution in [0.5, 0.6) is 5.75 Å². The lowest BCUT2D eigenvalue weighted by molar-refractivity contribution is -0.135. The highest BCUT2D eigenvalue weighted by Gasteiger charge is 2.40. The Bertz CT molecular complexity index is 1700. The number of para-hydroxylation sites is 2. The Kier molecular flexibility index (Phi) is 25.9. The number of anilines is 2. The monoisotopic (exact) mass is 767 g/mol. The van der Waals surface area contributed by atoms with Gasteiger partial charge in [0, 0.05) is 30.3 Å². The summed E-state index contributed by atoms with van der Waals surface area (Å²) in [4.78, 5) is 46.8. The summed E-state index contributed by atoms with van der Waals surface area (Å²) in [5.41, 5.74) is 2.01. The van der Waals surface area contributed by atoms with Gasteiger partial charge in [0.1, 0.15) is 18.3 Å². The number of hydrogen-bond donors (Lipinski definition) is 1. The number of aliphatic hydroxyl groups is 1. The summed E-state index contributed by atoms with van der Waals surface area (Å²) in [5, 5.41) is 11.0. The number of aliphatic hydroxyl groups excluding tert-OH is 1. The van der Waals surface area contributed by atoms with E-state index in [2.05, 4.69) is 37.6 Å². The third-order valence-electron chi connectivity index (χ3n) is 6.73. The fourth-order valence-electron chi connectivity index (χ4n) is 4.45. The Labute approximate surface area is 325 Å². The molecule has 5 rings (SSSR count). The predicted molar refractivity (Wildman–Crippen MR) is 222 cm³/mol. The number of aromatic nitrogens is 1. The molecule has 1 aliphatic rings. The van der Waals surface area contributed by atoms with Crippen LogP contribution in [0, 0.1) is 24.6 Å². The van der Waals surface area contributed by atoms with Gasteiger partial charge in [-0.2, -0.15) is 0 Å². The third kappa shape index (κ3) is 15.3. The van der Waals surface area contributed by atoms with Gasteiger partial charge in [0.25, 0.3) is 5.91 Å². The Hall–Kier alpha value is -4.37. The second-order valence-electron chi connectivity index (χ2n) is 10.7. The van der Waals surface area contributed by atoms with Crippen molar-refractivity contribution in [1.29, 1.82) is 0 Å². The maximum Gasteiger partial charge on any atom is 0.311 e. The van der Waals surface area contributed by atoms with Gasteiger partial charge in [0.05, 0.1) is 38.9 Å². The molecule has 1 unspecified atom stereocenters. The number of thiazole rings is 1. The van der Waals surface area contributed by atoms with Gasteiger partial charge in [-0.3, -0.25) is 14.5 Å². The summed E-state index contributed by atoms with van der Waals surface area (Å²) < 4.78 is 19.8. The molecule has 1 N–H and O–H groups in total. The number of fused-ring (bicyclic) bond motifs is 1. The molecule has 11 heteroatoms. The molecule has 290 valence electrons. The minimum atomic E-state index is -0.598. The van der Waals surface area contributed by atoms with E-state index in [4.69, 9.17) is 9.84 Å². The van der Waals surface area contributed by atoms with Gasteiger partial charge in [-0.1, -0.05) is 73.4 Å². The summed E-state index contributed by atoms with van der Waals surface area (Å²) in [5.74, 6) is 4.01. The smallest absolute Gasteiger partial charge is 0.311 e. The van der Waals surface area contributed by atoms with E-state index in [-0.39, 0.29) is 24.2 Å². The number of thiophene rings is 1. The number of carbonyl (C=O) groups is 3. The fourth-order valence-corrected chi connectivity index (χ4v) is 6.24. The maximum atomic E-state index is 14.2. The average Bonchev–Trinajstić information content (AvgIpc) is 3.84. The quantitative estimate of drug-likeness (QED) is 0.0783. The molecule has 3 heterocycles. The third-order valence-corrected chi connectivity index (χ3v) is 8.65. The number of ether oxygens (including phenoxy) is 1. The van der Waals surface area contributed by atoms with Crippen molar-refractivity contribution in [3.63, 3.8) is 0 Å². The molecule has 0 spiro atoms. The van der Waals surface area contributed by atoms with E-state index in [1.807, 2.05) is 77.9 Å². The summed E-state index contributed by atoms with van der Waals surface area (Å²) >= 11 is 3.07. The SMILES string of the molecule is CC.CC.CC#CC.CCC.CCCCO.Cc1nc(-c2ccc(C3N(C)c4ccc(F)cc4C(=O)N3c3ccccc3OC(=O)CCC=O)s2)cs1. The molecule has 0 saturated heterocycles. The second kappa shape index (κ2) is 28.2. The van der Waals surface area contributed by atoms with Crippen molar-refractivity contribution in [3.05, 3.63) is 81.2 Å². The molecule has 4 aromatic rings. The maximum absolute atomic E-state index is 14.2. The summed E-state index contributed by atoms with van der Waals surface area (Å²) in [6.07, 6.45) is 3.30. The normalized spacial score (nSPS) is 12.1. The first-order valence-electron chi connectivity index (χ1n) is 18.2. The lowest BCUT2D eigenvalue weighted by Crippen LogP contribution is -2.48. The molecule has 1 aliphatic heterocycles. The van der Waals surface area contributed by atoms with E-state index in [1.165, 1.54) is 34.8 Å². The van der Waals surface area contributed by atoms with Gasteiger partial charge in [0.15, 0.2) is 5.75 Å². The first kappa shape index (κ1) is 48.6. The number of amides is 1. The zero-order valence-corrected chi connectivity index (χ0v) is 34.9. The van der Waals surface area contributed by atoms with Crippen molar-refractivity contribution in [2.75, 3.05) is 23.5 Å². The molecule has 0 radical (unpaired) electrons. The highest BCUT2D eigenvalue weighted by molar-refractivity contribution is 7.16. The molecular weight excluding hydrogens is 710 g/mol. The van der Waals surface area contributed by atoms with Crippen molar-refractivity contribution in [2.24, 2.45) is 0 Å². The molecule has 0 aliphatic carbocycles. The van der Waals surface area contributed by atoms with Crippen molar-refractivity contribution < 1.29 is 28.6 Å². The van der Waals surface area contributed by atoms with Gasteiger partial charge in [0.2, 0.25) is 0 Å². The highest BCUT2D eigenvalue weighted by Crippen LogP contribution is 2.46. The Balaban J connectivity index is 0.00000145. The first-order chi connectivity index (χ1) is 25.6. The van der Waals surface area contributed by atoms with Gasteiger partial charge in [-0.15, -0.1) is 34.5 Å². The van der Waals surface area contributed by atoms with Crippen molar-refractivity contribution in [3.8, 4) is 28.2 Å². The Morgan fingerprint density at radius 2 is 1.66 bits per heavy atom. The van der Waals surface area contributed by atoms with Crippen molar-refractivity contribution in [1.82, 2.24) is 4.98 Å². The topological polar surface area (TPSA) is 100 Å². The fraction of sp³-hybridized carbons (Fsp3) is 0.429. The van der Waals surface area contributed by atoms with Crippen LogP contribution in [0.15, 0.2) is 60.0 Å². The standard InChI is InChI=1S/C27H22FN3O4S2.C4H10O.C4H6.C3H8.2C2H6/c1-16-29-19(15-36-16)23-11-12-24(37-23)26-30(2)20-10-9-17(28)14-18(20)27(34)31(26)21-6-3-4-7-22(21)35-25(33)8-5-13-32;1-2-3-4-5;1-3-4-2;1-3-2;2*1-2/h3-4,6-7,9-15,26H,5,8H2,1-2H3;5H,2-4H2,1H3;1-2H3;3H2,1-2H3;2*1-2H3. The Morgan fingerprint density at radius 3 is 2.19 bits per heavy atom. The van der Waals surface area contributed by atoms with Crippen LogP contribution in [0.2, 0.25) is 0 Å². The van der Waals surface area contributed by atoms with Crippen molar-refractivity contribution >= 4 is 52.2 Å². The van der Waals surface area contributed by atoms with Crippen LogP contribution < -0.4 is 14.5 Å². The molecule has 2 aromatic heterocycles. The minimum Gasteiger partial charge on any atom is -0.424 e. The van der Waals surface area contributed by atoms with Crippen molar-refractivity contribution in [2.45, 2.75) is 108 Å².